The molecule has 0 aliphatic carbocycles. The summed E-state index contributed by atoms with van der Waals surface area (Å²) in [7, 11) is 0. The van der Waals surface area contributed by atoms with Crippen LogP contribution in [0.25, 0.3) is 0 Å². The number of nitrogens with zero attached hydrogens (tertiary/aromatic N) is 2. The third-order valence-electron chi connectivity index (χ3n) is 10.8. The Labute approximate surface area is 272 Å². The molecular formula is C42H51BN2. The lowest BCUT2D eigenvalue weighted by atomic mass is 9.33. The summed E-state index contributed by atoms with van der Waals surface area (Å²) in [5, 5.41) is 0. The lowest BCUT2D eigenvalue weighted by Crippen LogP contribution is -2.63. The molecule has 7 rings (SSSR count). The lowest BCUT2D eigenvalue weighted by molar-refractivity contribution is 0.419. The van der Waals surface area contributed by atoms with E-state index in [1.807, 2.05) is 0 Å². The molecule has 0 aromatic heterocycles. The van der Waals surface area contributed by atoms with E-state index in [2.05, 4.69) is 145 Å². The smallest absolute Gasteiger partial charge is 0.252 e. The number of unbranched alkanes of at least 4 members (excludes halogenated alkanes) is 3. The van der Waals surface area contributed by atoms with Gasteiger partial charge in [-0.3, -0.25) is 0 Å². The van der Waals surface area contributed by atoms with Crippen LogP contribution in [0.1, 0.15) is 110 Å². The van der Waals surface area contributed by atoms with Gasteiger partial charge in [0.2, 0.25) is 0 Å². The van der Waals surface area contributed by atoms with Crippen LogP contribution in [-0.4, -0.2) is 12.3 Å². The SMILES string of the molecule is CCCCCCC1(C)Cc2cccc3c2N1c1cc(C)cc2c1B3c1ccc(C(C)(C)C)cc1N2c1cccc(C(C)(C)C)c1. The highest BCUT2D eigenvalue weighted by atomic mass is 15.2. The second kappa shape index (κ2) is 10.5. The van der Waals surface area contributed by atoms with E-state index < -0.39 is 0 Å². The Bertz CT molecular complexity index is 1790. The summed E-state index contributed by atoms with van der Waals surface area (Å²) in [6.07, 6.45) is 7.54. The Balaban J connectivity index is 1.51. The molecule has 0 fully saturated rings. The quantitative estimate of drug-likeness (QED) is 0.143. The first kappa shape index (κ1) is 30.2. The fourth-order valence-electron chi connectivity index (χ4n) is 8.43. The molecule has 232 valence electrons. The molecule has 0 saturated heterocycles. The minimum Gasteiger partial charge on any atom is -0.336 e. The van der Waals surface area contributed by atoms with Gasteiger partial charge in [-0.05, 0) is 106 Å². The van der Waals surface area contributed by atoms with Crippen LogP contribution < -0.4 is 26.2 Å². The van der Waals surface area contributed by atoms with E-state index >= 15 is 0 Å². The number of hydrogen-bond acceptors (Lipinski definition) is 2. The van der Waals surface area contributed by atoms with E-state index in [0.717, 1.165) is 6.42 Å². The van der Waals surface area contributed by atoms with Gasteiger partial charge < -0.3 is 9.80 Å². The van der Waals surface area contributed by atoms with Crippen LogP contribution in [0.15, 0.2) is 72.8 Å². The molecule has 3 aliphatic heterocycles. The summed E-state index contributed by atoms with van der Waals surface area (Å²) in [5.41, 5.74) is 17.0. The molecule has 45 heavy (non-hydrogen) atoms. The minimum atomic E-state index is 0.0585. The zero-order chi connectivity index (χ0) is 31.9. The summed E-state index contributed by atoms with van der Waals surface area (Å²) in [5.74, 6) is 0. The highest BCUT2D eigenvalue weighted by Crippen LogP contribution is 2.50. The molecular weight excluding hydrogens is 543 g/mol. The molecule has 0 bridgehead atoms. The fraction of sp³-hybridized carbons (Fsp3) is 0.429. The van der Waals surface area contributed by atoms with E-state index in [1.165, 1.54) is 99.2 Å². The number of benzene rings is 4. The van der Waals surface area contributed by atoms with Crippen molar-refractivity contribution in [2.75, 3.05) is 9.80 Å². The van der Waals surface area contributed by atoms with Gasteiger partial charge in [0, 0.05) is 34.0 Å². The van der Waals surface area contributed by atoms with Crippen molar-refractivity contribution in [3.05, 3.63) is 95.1 Å². The Hall–Kier alpha value is -3.46. The minimum absolute atomic E-state index is 0.0585. The van der Waals surface area contributed by atoms with Crippen LogP contribution in [0.4, 0.5) is 28.4 Å². The Morgan fingerprint density at radius 3 is 2.18 bits per heavy atom. The number of rotatable bonds is 6. The zero-order valence-corrected chi connectivity index (χ0v) is 29.1. The highest BCUT2D eigenvalue weighted by molar-refractivity contribution is 7.00. The van der Waals surface area contributed by atoms with Crippen molar-refractivity contribution in [3.8, 4) is 0 Å². The summed E-state index contributed by atoms with van der Waals surface area (Å²) in [6, 6.07) is 28.8. The first-order valence-electron chi connectivity index (χ1n) is 17.4. The molecule has 1 atom stereocenters. The molecule has 4 aromatic rings. The lowest BCUT2D eigenvalue weighted by Gasteiger charge is -2.47. The second-order valence-corrected chi connectivity index (χ2v) is 16.5. The predicted molar refractivity (Wildman–Crippen MR) is 197 cm³/mol. The van der Waals surface area contributed by atoms with Crippen LogP contribution >= 0.6 is 0 Å². The van der Waals surface area contributed by atoms with Crippen molar-refractivity contribution in [3.63, 3.8) is 0 Å². The molecule has 0 radical (unpaired) electrons. The maximum atomic E-state index is 2.80. The first-order chi connectivity index (χ1) is 21.3. The molecule has 4 aromatic carbocycles. The molecule has 2 nitrogen and oxygen atoms in total. The van der Waals surface area contributed by atoms with Gasteiger partial charge in [0.05, 0.1) is 0 Å². The Morgan fingerprint density at radius 1 is 0.733 bits per heavy atom. The summed E-state index contributed by atoms with van der Waals surface area (Å²) >= 11 is 0. The van der Waals surface area contributed by atoms with Gasteiger partial charge in [-0.15, -0.1) is 0 Å². The normalized spacial score (nSPS) is 18.2. The van der Waals surface area contributed by atoms with Gasteiger partial charge in [-0.2, -0.15) is 0 Å². The summed E-state index contributed by atoms with van der Waals surface area (Å²) < 4.78 is 0. The fourth-order valence-corrected chi connectivity index (χ4v) is 8.43. The van der Waals surface area contributed by atoms with Crippen LogP contribution in [0.3, 0.4) is 0 Å². The monoisotopic (exact) mass is 594 g/mol. The largest absolute Gasteiger partial charge is 0.336 e. The van der Waals surface area contributed by atoms with Gasteiger partial charge in [0.25, 0.3) is 6.71 Å². The standard InChI is InChI=1S/C42H51BN2/c1-10-11-12-13-22-42(9)27-29-16-14-19-34-39(29)45(42)37-24-28(2)23-36-38(37)43(34)33-21-20-31(41(6,7)8)26-35(33)44(36)32-18-15-17-30(25-32)40(3,4)5/h14-21,23-26H,10-13,22,27H2,1-9H3. The molecule has 3 heterocycles. The topological polar surface area (TPSA) is 6.48 Å². The maximum absolute atomic E-state index is 2.80. The van der Waals surface area contributed by atoms with Gasteiger partial charge in [-0.1, -0.05) is 117 Å². The Morgan fingerprint density at radius 2 is 1.44 bits per heavy atom. The third-order valence-corrected chi connectivity index (χ3v) is 10.8. The molecule has 0 spiro atoms. The molecule has 0 amide bonds. The predicted octanol–water partition coefficient (Wildman–Crippen LogP) is 9.63. The molecule has 1 unspecified atom stereocenters. The number of hydrogen-bond donors (Lipinski definition) is 0. The molecule has 3 heteroatoms. The summed E-state index contributed by atoms with van der Waals surface area (Å²) in [4.78, 5) is 5.40. The van der Waals surface area contributed by atoms with Crippen molar-refractivity contribution in [1.82, 2.24) is 0 Å². The average Bonchev–Trinajstić information content (AvgIpc) is 3.29. The van der Waals surface area contributed by atoms with Gasteiger partial charge in [0.1, 0.15) is 0 Å². The van der Waals surface area contributed by atoms with Crippen molar-refractivity contribution >= 4 is 51.5 Å². The maximum Gasteiger partial charge on any atom is 0.252 e. The Kier molecular flexibility index (Phi) is 7.08. The summed E-state index contributed by atoms with van der Waals surface area (Å²) in [6.45, 7) is 21.3. The van der Waals surface area contributed by atoms with E-state index in [0.29, 0.717) is 0 Å². The zero-order valence-electron chi connectivity index (χ0n) is 29.1. The third kappa shape index (κ3) is 4.84. The van der Waals surface area contributed by atoms with Crippen molar-refractivity contribution in [2.24, 2.45) is 0 Å². The highest BCUT2D eigenvalue weighted by Gasteiger charge is 2.50. The number of para-hydroxylation sites is 1. The van der Waals surface area contributed by atoms with E-state index in [4.69, 9.17) is 0 Å². The van der Waals surface area contributed by atoms with E-state index in [9.17, 15) is 0 Å². The van der Waals surface area contributed by atoms with Crippen molar-refractivity contribution in [2.45, 2.75) is 117 Å². The van der Waals surface area contributed by atoms with E-state index in [1.54, 1.807) is 0 Å². The second-order valence-electron chi connectivity index (χ2n) is 16.5. The van der Waals surface area contributed by atoms with Crippen LogP contribution in [-0.2, 0) is 17.3 Å². The van der Waals surface area contributed by atoms with Crippen LogP contribution in [0.5, 0.6) is 0 Å². The average molecular weight is 595 g/mol. The number of fused-ring (bicyclic) bond motifs is 4. The van der Waals surface area contributed by atoms with Crippen LogP contribution in [0, 0.1) is 6.92 Å². The van der Waals surface area contributed by atoms with Gasteiger partial charge in [0.15, 0.2) is 0 Å². The number of aryl methyl sites for hydroxylation is 1. The van der Waals surface area contributed by atoms with Crippen molar-refractivity contribution < 1.29 is 0 Å². The van der Waals surface area contributed by atoms with E-state index in [-0.39, 0.29) is 23.1 Å². The van der Waals surface area contributed by atoms with Crippen molar-refractivity contribution in [1.29, 1.82) is 0 Å². The molecule has 0 N–H and O–H groups in total. The molecule has 3 aliphatic rings. The molecule has 0 saturated carbocycles. The van der Waals surface area contributed by atoms with Crippen LogP contribution in [0.2, 0.25) is 0 Å². The first-order valence-corrected chi connectivity index (χ1v) is 17.4. The van der Waals surface area contributed by atoms with Gasteiger partial charge >= 0.3 is 0 Å². The number of anilines is 5. The van der Waals surface area contributed by atoms with Gasteiger partial charge in [-0.25, -0.2) is 0 Å².